The first-order chi connectivity index (χ1) is 7.18. The molecule has 4 heteroatoms. The largest absolute Gasteiger partial charge is 0.481 e. The van der Waals surface area contributed by atoms with E-state index in [2.05, 4.69) is 0 Å². The molecule has 82 valence electrons. The van der Waals surface area contributed by atoms with Gasteiger partial charge in [0.2, 0.25) is 0 Å². The third-order valence-corrected chi connectivity index (χ3v) is 3.26. The van der Waals surface area contributed by atoms with Gasteiger partial charge in [0.25, 0.3) is 0 Å². The SMILES string of the molecule is NCC1(CC(=O)O)CCCc2occc21. The zero-order chi connectivity index (χ0) is 10.9. The summed E-state index contributed by atoms with van der Waals surface area (Å²) in [6.07, 6.45) is 4.40. The van der Waals surface area contributed by atoms with Crippen molar-refractivity contribution < 1.29 is 14.3 Å². The lowest BCUT2D eigenvalue weighted by molar-refractivity contribution is -0.138. The second kappa shape index (κ2) is 3.70. The molecule has 1 heterocycles. The van der Waals surface area contributed by atoms with Gasteiger partial charge < -0.3 is 15.3 Å². The topological polar surface area (TPSA) is 76.5 Å². The first-order valence-corrected chi connectivity index (χ1v) is 5.17. The number of fused-ring (bicyclic) bond motifs is 1. The summed E-state index contributed by atoms with van der Waals surface area (Å²) in [4.78, 5) is 10.9. The van der Waals surface area contributed by atoms with E-state index in [-0.39, 0.29) is 6.42 Å². The van der Waals surface area contributed by atoms with E-state index in [1.54, 1.807) is 6.26 Å². The lowest BCUT2D eigenvalue weighted by atomic mass is 9.70. The molecule has 0 fully saturated rings. The number of aryl methyl sites for hydroxylation is 1. The number of hydrogen-bond acceptors (Lipinski definition) is 3. The predicted molar refractivity (Wildman–Crippen MR) is 54.6 cm³/mol. The molecule has 0 aliphatic heterocycles. The van der Waals surface area contributed by atoms with Gasteiger partial charge in [-0.1, -0.05) is 0 Å². The Morgan fingerprint density at radius 2 is 2.47 bits per heavy atom. The van der Waals surface area contributed by atoms with Gasteiger partial charge in [-0.15, -0.1) is 0 Å². The average Bonchev–Trinajstić information content (AvgIpc) is 2.66. The van der Waals surface area contributed by atoms with Crippen LogP contribution in [0, 0.1) is 0 Å². The number of aliphatic carboxylic acids is 1. The predicted octanol–water partition coefficient (Wildman–Crippen LogP) is 1.29. The minimum absolute atomic E-state index is 0.0933. The lowest BCUT2D eigenvalue weighted by Gasteiger charge is -2.34. The Labute approximate surface area is 88.1 Å². The molecule has 0 spiro atoms. The number of furan rings is 1. The Balaban J connectivity index is 2.39. The Bertz CT molecular complexity index is 372. The molecule has 1 atom stereocenters. The molecule has 2 rings (SSSR count). The normalized spacial score (nSPS) is 24.9. The van der Waals surface area contributed by atoms with Crippen LogP contribution in [0.15, 0.2) is 16.7 Å². The number of carboxylic acids is 1. The van der Waals surface area contributed by atoms with E-state index in [4.69, 9.17) is 15.3 Å². The van der Waals surface area contributed by atoms with E-state index in [0.717, 1.165) is 30.6 Å². The van der Waals surface area contributed by atoms with Crippen molar-refractivity contribution in [1.82, 2.24) is 0 Å². The molecule has 1 unspecified atom stereocenters. The maximum atomic E-state index is 10.9. The number of rotatable bonds is 3. The van der Waals surface area contributed by atoms with Gasteiger partial charge in [0.05, 0.1) is 12.7 Å². The maximum Gasteiger partial charge on any atom is 0.304 e. The van der Waals surface area contributed by atoms with E-state index >= 15 is 0 Å². The molecule has 0 saturated carbocycles. The molecule has 1 aliphatic carbocycles. The van der Waals surface area contributed by atoms with Crippen LogP contribution in [0.25, 0.3) is 0 Å². The van der Waals surface area contributed by atoms with Gasteiger partial charge in [-0.05, 0) is 18.9 Å². The highest BCUT2D eigenvalue weighted by atomic mass is 16.4. The van der Waals surface area contributed by atoms with E-state index in [0.29, 0.717) is 6.54 Å². The molecule has 0 aromatic carbocycles. The summed E-state index contributed by atoms with van der Waals surface area (Å²) >= 11 is 0. The van der Waals surface area contributed by atoms with Crippen molar-refractivity contribution in [3.05, 3.63) is 23.7 Å². The number of carbonyl (C=O) groups is 1. The number of nitrogens with two attached hydrogens (primary N) is 1. The van der Waals surface area contributed by atoms with Crippen molar-refractivity contribution in [2.45, 2.75) is 31.1 Å². The Morgan fingerprint density at radius 1 is 1.67 bits per heavy atom. The van der Waals surface area contributed by atoms with Gasteiger partial charge in [0, 0.05) is 23.9 Å². The molecular weight excluding hydrogens is 194 g/mol. The minimum atomic E-state index is -0.797. The van der Waals surface area contributed by atoms with Crippen LogP contribution in [0.5, 0.6) is 0 Å². The van der Waals surface area contributed by atoms with Crippen LogP contribution in [0.1, 0.15) is 30.6 Å². The second-order valence-corrected chi connectivity index (χ2v) is 4.17. The molecule has 0 saturated heterocycles. The fraction of sp³-hybridized carbons (Fsp3) is 0.545. The number of carboxylic acid groups (broad SMARTS) is 1. The van der Waals surface area contributed by atoms with E-state index < -0.39 is 11.4 Å². The standard InChI is InChI=1S/C11H15NO3/c12-7-11(6-10(13)14)4-1-2-9-8(11)3-5-15-9/h3,5H,1-2,4,6-7,12H2,(H,13,14). The van der Waals surface area contributed by atoms with Gasteiger partial charge in [-0.25, -0.2) is 0 Å². The third kappa shape index (κ3) is 1.65. The Kier molecular flexibility index (Phi) is 2.52. The fourth-order valence-electron chi connectivity index (χ4n) is 2.49. The highest BCUT2D eigenvalue weighted by Gasteiger charge is 2.38. The summed E-state index contributed by atoms with van der Waals surface area (Å²) in [5.41, 5.74) is 6.34. The zero-order valence-corrected chi connectivity index (χ0v) is 8.53. The highest BCUT2D eigenvalue weighted by molar-refractivity contribution is 5.69. The molecule has 0 amide bonds. The Morgan fingerprint density at radius 3 is 3.13 bits per heavy atom. The molecule has 0 radical (unpaired) electrons. The second-order valence-electron chi connectivity index (χ2n) is 4.17. The average molecular weight is 209 g/mol. The van der Waals surface area contributed by atoms with Crippen molar-refractivity contribution in [1.29, 1.82) is 0 Å². The third-order valence-electron chi connectivity index (χ3n) is 3.26. The molecule has 1 aliphatic rings. The van der Waals surface area contributed by atoms with Crippen LogP contribution in [0.3, 0.4) is 0 Å². The molecule has 0 bridgehead atoms. The molecule has 4 nitrogen and oxygen atoms in total. The first-order valence-electron chi connectivity index (χ1n) is 5.17. The van der Waals surface area contributed by atoms with Crippen molar-refractivity contribution in [2.24, 2.45) is 5.73 Å². The van der Waals surface area contributed by atoms with Gasteiger partial charge in [-0.2, -0.15) is 0 Å². The van der Waals surface area contributed by atoms with Gasteiger partial charge in [0.1, 0.15) is 5.76 Å². The summed E-state index contributed by atoms with van der Waals surface area (Å²) in [7, 11) is 0. The number of hydrogen-bond donors (Lipinski definition) is 2. The van der Waals surface area contributed by atoms with Crippen molar-refractivity contribution in [3.8, 4) is 0 Å². The summed E-state index contributed by atoms with van der Waals surface area (Å²) in [5.74, 6) is 0.113. The minimum Gasteiger partial charge on any atom is -0.481 e. The lowest BCUT2D eigenvalue weighted by Crippen LogP contribution is -2.39. The van der Waals surface area contributed by atoms with Crippen LogP contribution in [-0.4, -0.2) is 17.6 Å². The molecule has 1 aromatic rings. The molecule has 3 N–H and O–H groups in total. The first kappa shape index (κ1) is 10.2. The van der Waals surface area contributed by atoms with Crippen LogP contribution in [0.4, 0.5) is 0 Å². The highest BCUT2D eigenvalue weighted by Crippen LogP contribution is 2.39. The van der Waals surface area contributed by atoms with E-state index in [1.807, 2.05) is 6.07 Å². The summed E-state index contributed by atoms with van der Waals surface area (Å²) in [5, 5.41) is 8.94. The molecular formula is C11H15NO3. The fourth-order valence-corrected chi connectivity index (χ4v) is 2.49. The Hall–Kier alpha value is -1.29. The summed E-state index contributed by atoms with van der Waals surface area (Å²) < 4.78 is 5.35. The van der Waals surface area contributed by atoms with Crippen LogP contribution >= 0.6 is 0 Å². The van der Waals surface area contributed by atoms with Crippen molar-refractivity contribution in [3.63, 3.8) is 0 Å². The quantitative estimate of drug-likeness (QED) is 0.786. The molecule has 1 aromatic heterocycles. The summed E-state index contributed by atoms with van der Waals surface area (Å²) in [6.45, 7) is 0.367. The summed E-state index contributed by atoms with van der Waals surface area (Å²) in [6, 6.07) is 1.87. The molecule has 15 heavy (non-hydrogen) atoms. The van der Waals surface area contributed by atoms with Crippen molar-refractivity contribution in [2.75, 3.05) is 6.54 Å². The zero-order valence-electron chi connectivity index (χ0n) is 8.53. The smallest absolute Gasteiger partial charge is 0.304 e. The van der Waals surface area contributed by atoms with Crippen LogP contribution < -0.4 is 5.73 Å². The van der Waals surface area contributed by atoms with Gasteiger partial charge >= 0.3 is 5.97 Å². The van der Waals surface area contributed by atoms with E-state index in [1.165, 1.54) is 0 Å². The monoisotopic (exact) mass is 209 g/mol. The van der Waals surface area contributed by atoms with E-state index in [9.17, 15) is 4.79 Å². The maximum absolute atomic E-state index is 10.9. The van der Waals surface area contributed by atoms with Crippen molar-refractivity contribution >= 4 is 5.97 Å². The van der Waals surface area contributed by atoms with Gasteiger partial charge in [-0.3, -0.25) is 4.79 Å². The van der Waals surface area contributed by atoms with Crippen LogP contribution in [-0.2, 0) is 16.6 Å². The van der Waals surface area contributed by atoms with Gasteiger partial charge in [0.15, 0.2) is 0 Å². The van der Waals surface area contributed by atoms with Crippen LogP contribution in [0.2, 0.25) is 0 Å².